The second-order valence-corrected chi connectivity index (χ2v) is 7.32. The lowest BCUT2D eigenvalue weighted by atomic mass is 9.99. The van der Waals surface area contributed by atoms with E-state index < -0.39 is 0 Å². The van der Waals surface area contributed by atoms with Gasteiger partial charge in [0.05, 0.1) is 17.5 Å². The van der Waals surface area contributed by atoms with Gasteiger partial charge >= 0.3 is 0 Å². The number of amides is 2. The number of nitrogens with one attached hydrogen (secondary N) is 1. The number of benzene rings is 2. The van der Waals surface area contributed by atoms with Gasteiger partial charge < -0.3 is 10.2 Å². The zero-order valence-corrected chi connectivity index (χ0v) is 16.2. The van der Waals surface area contributed by atoms with E-state index in [1.165, 1.54) is 12.1 Å². The number of para-hydroxylation sites is 1. The Morgan fingerprint density at radius 3 is 2.69 bits per heavy atom. The van der Waals surface area contributed by atoms with Gasteiger partial charge in [0.15, 0.2) is 0 Å². The second kappa shape index (κ2) is 7.99. The highest BCUT2D eigenvalue weighted by Crippen LogP contribution is 2.29. The summed E-state index contributed by atoms with van der Waals surface area (Å²) in [5.74, 6) is -0.351. The number of hydrogen-bond acceptors (Lipinski definition) is 3. The van der Waals surface area contributed by atoms with Crippen LogP contribution < -0.4 is 5.32 Å². The average Bonchev–Trinajstić information content (AvgIpc) is 3.24. The molecule has 2 heterocycles. The molecule has 2 amide bonds. The minimum absolute atomic E-state index is 0.0198. The Labute approximate surface area is 168 Å². The third kappa shape index (κ3) is 3.97. The molecule has 148 valence electrons. The number of hydrogen-bond donors (Lipinski definition) is 1. The maximum absolute atomic E-state index is 13.1. The SMILES string of the molecule is CNC(=O)c1cc(C2CCN(C(=O)Cc3ccc(F)cc3)C2)nc2ccccc12. The van der Waals surface area contributed by atoms with E-state index in [1.54, 1.807) is 19.2 Å². The van der Waals surface area contributed by atoms with Crippen molar-refractivity contribution in [2.45, 2.75) is 18.8 Å². The summed E-state index contributed by atoms with van der Waals surface area (Å²) < 4.78 is 13.1. The zero-order chi connectivity index (χ0) is 20.4. The molecule has 0 aliphatic carbocycles. The van der Waals surface area contributed by atoms with Crippen LogP contribution in [-0.2, 0) is 11.2 Å². The molecule has 29 heavy (non-hydrogen) atoms. The molecule has 1 aliphatic heterocycles. The van der Waals surface area contributed by atoms with Gasteiger partial charge in [-0.15, -0.1) is 0 Å². The molecule has 1 N–H and O–H groups in total. The van der Waals surface area contributed by atoms with Crippen molar-refractivity contribution in [3.05, 3.63) is 77.2 Å². The smallest absolute Gasteiger partial charge is 0.251 e. The van der Waals surface area contributed by atoms with E-state index >= 15 is 0 Å². The van der Waals surface area contributed by atoms with E-state index in [1.807, 2.05) is 35.2 Å². The van der Waals surface area contributed by atoms with Crippen molar-refractivity contribution in [2.24, 2.45) is 0 Å². The molecule has 0 radical (unpaired) electrons. The molecule has 1 saturated heterocycles. The molecule has 0 saturated carbocycles. The third-order valence-electron chi connectivity index (χ3n) is 5.44. The van der Waals surface area contributed by atoms with Crippen molar-refractivity contribution in [2.75, 3.05) is 20.1 Å². The summed E-state index contributed by atoms with van der Waals surface area (Å²) in [6, 6.07) is 15.5. The molecule has 1 unspecified atom stereocenters. The molecule has 0 bridgehead atoms. The number of nitrogens with zero attached hydrogens (tertiary/aromatic N) is 2. The lowest BCUT2D eigenvalue weighted by Crippen LogP contribution is -2.30. The number of pyridine rings is 1. The van der Waals surface area contributed by atoms with Crippen LogP contribution in [0.5, 0.6) is 0 Å². The average molecular weight is 391 g/mol. The minimum Gasteiger partial charge on any atom is -0.355 e. The first-order chi connectivity index (χ1) is 14.0. The molecular formula is C23H22FN3O2. The van der Waals surface area contributed by atoms with Gasteiger partial charge in [-0.1, -0.05) is 30.3 Å². The molecule has 1 atom stereocenters. The number of rotatable bonds is 4. The monoisotopic (exact) mass is 391 g/mol. The zero-order valence-electron chi connectivity index (χ0n) is 16.2. The Kier molecular flexibility index (Phi) is 5.25. The molecule has 1 aromatic heterocycles. The summed E-state index contributed by atoms with van der Waals surface area (Å²) in [5.41, 5.74) is 3.01. The fourth-order valence-corrected chi connectivity index (χ4v) is 3.84. The predicted octanol–water partition coefficient (Wildman–Crippen LogP) is 3.29. The van der Waals surface area contributed by atoms with Crippen LogP contribution in [0.25, 0.3) is 10.9 Å². The van der Waals surface area contributed by atoms with Crippen LogP contribution in [0.2, 0.25) is 0 Å². The summed E-state index contributed by atoms with van der Waals surface area (Å²) in [7, 11) is 1.61. The van der Waals surface area contributed by atoms with E-state index in [9.17, 15) is 14.0 Å². The Morgan fingerprint density at radius 2 is 1.93 bits per heavy atom. The van der Waals surface area contributed by atoms with Gasteiger partial charge in [-0.25, -0.2) is 4.39 Å². The standard InChI is InChI=1S/C23H22FN3O2/c1-25-23(29)19-13-21(26-20-5-3-2-4-18(19)20)16-10-11-27(14-16)22(28)12-15-6-8-17(24)9-7-15/h2-9,13,16H,10-12,14H2,1H3,(H,25,29). The minimum atomic E-state index is -0.309. The molecule has 5 nitrogen and oxygen atoms in total. The molecule has 3 aromatic rings. The number of carbonyl (C=O) groups is 2. The van der Waals surface area contributed by atoms with Crippen LogP contribution in [0.4, 0.5) is 4.39 Å². The summed E-state index contributed by atoms with van der Waals surface area (Å²) in [6.45, 7) is 1.22. The van der Waals surface area contributed by atoms with E-state index in [0.717, 1.165) is 28.6 Å². The molecule has 6 heteroatoms. The van der Waals surface area contributed by atoms with Crippen LogP contribution >= 0.6 is 0 Å². The fraction of sp³-hybridized carbons (Fsp3) is 0.261. The van der Waals surface area contributed by atoms with Crippen LogP contribution in [0.3, 0.4) is 0 Å². The summed E-state index contributed by atoms with van der Waals surface area (Å²) in [6.07, 6.45) is 1.05. The van der Waals surface area contributed by atoms with Crippen LogP contribution in [-0.4, -0.2) is 41.8 Å². The van der Waals surface area contributed by atoms with Gasteiger partial charge in [0.1, 0.15) is 5.82 Å². The quantitative estimate of drug-likeness (QED) is 0.742. The lowest BCUT2D eigenvalue weighted by Gasteiger charge is -2.17. The molecule has 1 aliphatic rings. The van der Waals surface area contributed by atoms with Crippen molar-refractivity contribution in [1.82, 2.24) is 15.2 Å². The highest BCUT2D eigenvalue weighted by atomic mass is 19.1. The van der Waals surface area contributed by atoms with E-state index in [2.05, 4.69) is 5.32 Å². The topological polar surface area (TPSA) is 62.3 Å². The summed E-state index contributed by atoms with van der Waals surface area (Å²) in [4.78, 5) is 31.6. The highest BCUT2D eigenvalue weighted by molar-refractivity contribution is 6.06. The van der Waals surface area contributed by atoms with Crippen molar-refractivity contribution in [1.29, 1.82) is 0 Å². The third-order valence-corrected chi connectivity index (χ3v) is 5.44. The van der Waals surface area contributed by atoms with Crippen molar-refractivity contribution >= 4 is 22.7 Å². The van der Waals surface area contributed by atoms with Crippen molar-refractivity contribution in [3.63, 3.8) is 0 Å². The van der Waals surface area contributed by atoms with Crippen LogP contribution in [0, 0.1) is 5.82 Å². The fourth-order valence-electron chi connectivity index (χ4n) is 3.84. The first-order valence-corrected chi connectivity index (χ1v) is 9.69. The number of halogens is 1. The lowest BCUT2D eigenvalue weighted by molar-refractivity contribution is -0.129. The maximum atomic E-state index is 13.1. The first-order valence-electron chi connectivity index (χ1n) is 9.69. The molecule has 2 aromatic carbocycles. The Balaban J connectivity index is 1.54. The van der Waals surface area contributed by atoms with Gasteiger partial charge in [-0.3, -0.25) is 14.6 Å². The number of carbonyl (C=O) groups excluding carboxylic acids is 2. The Morgan fingerprint density at radius 1 is 1.17 bits per heavy atom. The Bertz CT molecular complexity index is 1070. The maximum Gasteiger partial charge on any atom is 0.251 e. The number of aromatic nitrogens is 1. The number of fused-ring (bicyclic) bond motifs is 1. The largest absolute Gasteiger partial charge is 0.355 e. The van der Waals surface area contributed by atoms with Crippen molar-refractivity contribution in [3.8, 4) is 0 Å². The number of likely N-dealkylation sites (tertiary alicyclic amines) is 1. The molecule has 0 spiro atoms. The van der Waals surface area contributed by atoms with Crippen LogP contribution in [0.15, 0.2) is 54.6 Å². The molecular weight excluding hydrogens is 369 g/mol. The van der Waals surface area contributed by atoms with E-state index in [-0.39, 0.29) is 30.0 Å². The van der Waals surface area contributed by atoms with Crippen molar-refractivity contribution < 1.29 is 14.0 Å². The van der Waals surface area contributed by atoms with Gasteiger partial charge in [0.2, 0.25) is 5.91 Å². The van der Waals surface area contributed by atoms with E-state index in [4.69, 9.17) is 4.98 Å². The van der Waals surface area contributed by atoms with Gasteiger partial charge in [0.25, 0.3) is 5.91 Å². The van der Waals surface area contributed by atoms with Gasteiger partial charge in [0, 0.05) is 37.1 Å². The van der Waals surface area contributed by atoms with Gasteiger partial charge in [-0.05, 0) is 36.2 Å². The predicted molar refractivity (Wildman–Crippen MR) is 109 cm³/mol. The Hall–Kier alpha value is -3.28. The second-order valence-electron chi connectivity index (χ2n) is 7.32. The molecule has 1 fully saturated rings. The van der Waals surface area contributed by atoms with E-state index in [0.29, 0.717) is 18.7 Å². The normalized spacial score (nSPS) is 16.2. The summed E-state index contributed by atoms with van der Waals surface area (Å²) in [5, 5.41) is 3.51. The highest BCUT2D eigenvalue weighted by Gasteiger charge is 2.29. The first kappa shape index (κ1) is 19.1. The van der Waals surface area contributed by atoms with Gasteiger partial charge in [-0.2, -0.15) is 0 Å². The van der Waals surface area contributed by atoms with Crippen LogP contribution in [0.1, 0.15) is 34.0 Å². The summed E-state index contributed by atoms with van der Waals surface area (Å²) >= 11 is 0. The molecule has 4 rings (SSSR count).